The SMILES string of the molecule is Cc1nc(NC(=O)N2CCC[C@H]2C(N)=O)sc1-c1cnc(N)c(C(F)(F)F)c1. The number of hydrogen-bond donors (Lipinski definition) is 3. The third kappa shape index (κ3) is 3.86. The molecule has 8 nitrogen and oxygen atoms in total. The number of nitrogen functional groups attached to an aromatic ring is 1. The van der Waals surface area contributed by atoms with Crippen molar-refractivity contribution in [1.82, 2.24) is 14.9 Å². The molecule has 3 heterocycles. The van der Waals surface area contributed by atoms with E-state index in [4.69, 9.17) is 11.5 Å². The first kappa shape index (κ1) is 19.9. The number of carbonyl (C=O) groups excluding carboxylic acids is 2. The molecule has 28 heavy (non-hydrogen) atoms. The molecule has 150 valence electrons. The van der Waals surface area contributed by atoms with Crippen LogP contribution in [0.5, 0.6) is 0 Å². The normalized spacial score (nSPS) is 17.0. The van der Waals surface area contributed by atoms with Gasteiger partial charge < -0.3 is 16.4 Å². The van der Waals surface area contributed by atoms with Crippen molar-refractivity contribution in [3.63, 3.8) is 0 Å². The molecule has 2 aromatic rings. The molecular formula is C16H17F3N6O2S. The van der Waals surface area contributed by atoms with Crippen LogP contribution in [-0.2, 0) is 11.0 Å². The number of nitrogens with two attached hydrogens (primary N) is 2. The number of alkyl halides is 3. The van der Waals surface area contributed by atoms with Crippen LogP contribution in [0.3, 0.4) is 0 Å². The second kappa shape index (κ2) is 7.26. The van der Waals surface area contributed by atoms with Crippen molar-refractivity contribution in [2.24, 2.45) is 5.73 Å². The summed E-state index contributed by atoms with van der Waals surface area (Å²) in [7, 11) is 0. The van der Waals surface area contributed by atoms with Crippen LogP contribution in [0.1, 0.15) is 24.1 Å². The number of halogens is 3. The molecule has 0 spiro atoms. The predicted octanol–water partition coefficient (Wildman–Crippen LogP) is 2.60. The number of aromatic nitrogens is 2. The molecule has 5 N–H and O–H groups in total. The molecule has 0 radical (unpaired) electrons. The van der Waals surface area contributed by atoms with E-state index in [-0.39, 0.29) is 10.7 Å². The highest BCUT2D eigenvalue weighted by atomic mass is 32.1. The van der Waals surface area contributed by atoms with Crippen LogP contribution in [0.2, 0.25) is 0 Å². The number of pyridine rings is 1. The van der Waals surface area contributed by atoms with E-state index in [2.05, 4.69) is 15.3 Å². The maximum absolute atomic E-state index is 13.1. The number of nitrogens with zero attached hydrogens (tertiary/aromatic N) is 3. The molecule has 0 unspecified atom stereocenters. The number of anilines is 2. The first-order valence-electron chi connectivity index (χ1n) is 8.25. The van der Waals surface area contributed by atoms with Gasteiger partial charge in [-0.25, -0.2) is 14.8 Å². The molecule has 0 bridgehead atoms. The molecule has 2 aromatic heterocycles. The minimum Gasteiger partial charge on any atom is -0.383 e. The maximum atomic E-state index is 13.1. The minimum atomic E-state index is -4.64. The molecular weight excluding hydrogens is 397 g/mol. The Morgan fingerprint density at radius 2 is 2.11 bits per heavy atom. The summed E-state index contributed by atoms with van der Waals surface area (Å²) in [5.41, 5.74) is 10.2. The van der Waals surface area contributed by atoms with Crippen molar-refractivity contribution in [3.05, 3.63) is 23.5 Å². The van der Waals surface area contributed by atoms with E-state index in [1.54, 1.807) is 6.92 Å². The van der Waals surface area contributed by atoms with Crippen molar-refractivity contribution < 1.29 is 22.8 Å². The van der Waals surface area contributed by atoms with Gasteiger partial charge in [0.15, 0.2) is 5.13 Å². The van der Waals surface area contributed by atoms with Crippen LogP contribution in [0, 0.1) is 6.92 Å². The van der Waals surface area contributed by atoms with E-state index < -0.39 is 35.5 Å². The van der Waals surface area contributed by atoms with E-state index in [0.717, 1.165) is 17.4 Å². The summed E-state index contributed by atoms with van der Waals surface area (Å²) in [6.07, 6.45) is -2.27. The third-order valence-corrected chi connectivity index (χ3v) is 5.46. The Labute approximate surface area is 161 Å². The van der Waals surface area contributed by atoms with Gasteiger partial charge in [0.25, 0.3) is 0 Å². The first-order chi connectivity index (χ1) is 13.1. The van der Waals surface area contributed by atoms with Crippen LogP contribution in [0.4, 0.5) is 28.9 Å². The van der Waals surface area contributed by atoms with Crippen molar-refractivity contribution in [2.75, 3.05) is 17.6 Å². The number of nitrogens with one attached hydrogen (secondary N) is 1. The summed E-state index contributed by atoms with van der Waals surface area (Å²) in [5, 5.41) is 2.77. The zero-order valence-corrected chi connectivity index (χ0v) is 15.5. The van der Waals surface area contributed by atoms with Crippen molar-refractivity contribution in [1.29, 1.82) is 0 Å². The van der Waals surface area contributed by atoms with Crippen molar-refractivity contribution >= 4 is 34.2 Å². The number of primary amides is 1. The fraction of sp³-hybridized carbons (Fsp3) is 0.375. The van der Waals surface area contributed by atoms with Crippen LogP contribution in [-0.4, -0.2) is 39.4 Å². The van der Waals surface area contributed by atoms with E-state index >= 15 is 0 Å². The Morgan fingerprint density at radius 3 is 2.75 bits per heavy atom. The fourth-order valence-electron chi connectivity index (χ4n) is 3.01. The van der Waals surface area contributed by atoms with Gasteiger partial charge in [0.05, 0.1) is 16.1 Å². The van der Waals surface area contributed by atoms with Gasteiger partial charge in [0.1, 0.15) is 11.9 Å². The molecule has 0 aliphatic carbocycles. The minimum absolute atomic E-state index is 0.188. The van der Waals surface area contributed by atoms with Gasteiger partial charge in [-0.15, -0.1) is 0 Å². The highest BCUT2D eigenvalue weighted by Crippen LogP contribution is 2.38. The largest absolute Gasteiger partial charge is 0.419 e. The van der Waals surface area contributed by atoms with Gasteiger partial charge in [0, 0.05) is 18.3 Å². The number of aryl methyl sites for hydroxylation is 1. The van der Waals surface area contributed by atoms with Crippen molar-refractivity contribution in [2.45, 2.75) is 32.0 Å². The third-order valence-electron chi connectivity index (χ3n) is 4.34. The highest BCUT2D eigenvalue weighted by molar-refractivity contribution is 7.19. The number of urea groups is 1. The van der Waals surface area contributed by atoms with E-state index in [9.17, 15) is 22.8 Å². The smallest absolute Gasteiger partial charge is 0.383 e. The molecule has 12 heteroatoms. The van der Waals surface area contributed by atoms with Gasteiger partial charge in [-0.05, 0) is 25.8 Å². The summed E-state index contributed by atoms with van der Waals surface area (Å²) in [4.78, 5) is 33.4. The Hall–Kier alpha value is -2.89. The quantitative estimate of drug-likeness (QED) is 0.711. The molecule has 3 rings (SSSR count). The average molecular weight is 414 g/mol. The van der Waals surface area contributed by atoms with Crippen LogP contribution >= 0.6 is 11.3 Å². The molecule has 0 saturated carbocycles. The maximum Gasteiger partial charge on any atom is 0.419 e. The summed E-state index contributed by atoms with van der Waals surface area (Å²) in [5.74, 6) is -1.20. The van der Waals surface area contributed by atoms with Gasteiger partial charge in [-0.3, -0.25) is 10.1 Å². The Morgan fingerprint density at radius 1 is 1.39 bits per heavy atom. The lowest BCUT2D eigenvalue weighted by Gasteiger charge is -2.21. The van der Waals surface area contributed by atoms with Crippen LogP contribution in [0.15, 0.2) is 12.3 Å². The molecule has 1 atom stereocenters. The van der Waals surface area contributed by atoms with Crippen LogP contribution < -0.4 is 16.8 Å². The predicted molar refractivity (Wildman–Crippen MR) is 97.4 cm³/mol. The van der Waals surface area contributed by atoms with Crippen LogP contribution in [0.25, 0.3) is 10.4 Å². The summed E-state index contributed by atoms with van der Waals surface area (Å²) < 4.78 is 39.2. The zero-order valence-electron chi connectivity index (χ0n) is 14.7. The first-order valence-corrected chi connectivity index (χ1v) is 9.07. The monoisotopic (exact) mass is 414 g/mol. The molecule has 1 fully saturated rings. The summed E-state index contributed by atoms with van der Waals surface area (Å²) in [6, 6.07) is -0.318. The topological polar surface area (TPSA) is 127 Å². The number of rotatable bonds is 3. The lowest BCUT2D eigenvalue weighted by molar-refractivity contribution is -0.137. The van der Waals surface area contributed by atoms with Gasteiger partial charge in [0.2, 0.25) is 5.91 Å². The molecule has 1 saturated heterocycles. The molecule has 3 amide bonds. The van der Waals surface area contributed by atoms with E-state index in [1.165, 1.54) is 11.1 Å². The lowest BCUT2D eigenvalue weighted by atomic mass is 10.1. The number of amides is 3. The number of carbonyl (C=O) groups is 2. The number of hydrogen-bond acceptors (Lipinski definition) is 6. The second-order valence-corrected chi connectivity index (χ2v) is 7.27. The summed E-state index contributed by atoms with van der Waals surface area (Å²) >= 11 is 1.00. The van der Waals surface area contributed by atoms with E-state index in [0.29, 0.717) is 30.0 Å². The second-order valence-electron chi connectivity index (χ2n) is 6.27. The molecule has 1 aliphatic rings. The van der Waals surface area contributed by atoms with Crippen molar-refractivity contribution in [3.8, 4) is 10.4 Å². The van der Waals surface area contributed by atoms with E-state index in [1.807, 2.05) is 0 Å². The summed E-state index contributed by atoms with van der Waals surface area (Å²) in [6.45, 7) is 1.99. The van der Waals surface area contributed by atoms with Gasteiger partial charge in [-0.1, -0.05) is 11.3 Å². The van der Waals surface area contributed by atoms with Gasteiger partial charge >= 0.3 is 12.2 Å². The number of likely N-dealkylation sites (tertiary alicyclic amines) is 1. The average Bonchev–Trinajstić information content (AvgIpc) is 3.21. The molecule has 1 aliphatic heterocycles. The lowest BCUT2D eigenvalue weighted by Crippen LogP contribution is -2.45. The standard InChI is InChI=1S/C16H17F3N6O2S/c1-7-11(8-5-9(16(17,18)19)12(20)22-6-8)28-14(23-7)24-15(27)25-4-2-3-10(25)13(21)26/h5-6,10H,2-4H2,1H3,(H2,20,22)(H2,21,26)(H,23,24,27)/t10-/m0/s1. The Balaban J connectivity index is 1.84. The highest BCUT2D eigenvalue weighted by Gasteiger charge is 2.35. The number of thiazole rings is 1. The Bertz CT molecular complexity index is 930. The van der Waals surface area contributed by atoms with Gasteiger partial charge in [-0.2, -0.15) is 13.2 Å². The molecule has 0 aromatic carbocycles. The Kier molecular flexibility index (Phi) is 5.15. The fourth-order valence-corrected chi connectivity index (χ4v) is 3.95. The zero-order chi connectivity index (χ0) is 20.6.